The molecule has 0 spiro atoms. The monoisotopic (exact) mass is 498 g/mol. The van der Waals surface area contributed by atoms with Crippen molar-refractivity contribution < 1.29 is 15.0 Å². The van der Waals surface area contributed by atoms with Crippen molar-refractivity contribution in [2.24, 2.45) is 5.92 Å². The first kappa shape index (κ1) is 21.4. The third kappa shape index (κ3) is 5.10. The molecule has 1 aliphatic rings. The Bertz CT molecular complexity index is 692. The second-order valence-corrected chi connectivity index (χ2v) is 8.15. The highest BCUT2D eigenvalue weighted by atomic mass is 127. The number of aromatic nitrogens is 1. The third-order valence-electron chi connectivity index (χ3n) is 4.57. The highest BCUT2D eigenvalue weighted by Gasteiger charge is 2.23. The largest absolute Gasteiger partial charge is 0.395 e. The zero-order valence-electron chi connectivity index (χ0n) is 14.3. The maximum Gasteiger partial charge on any atom is 0.266 e. The number of nitrogens with two attached hydrogens (primary N) is 1. The average molecular weight is 499 g/mol. The molecular formula is C16H24ClIN4O4. The number of amides is 1. The van der Waals surface area contributed by atoms with Crippen LogP contribution in [0, 0.1) is 5.92 Å². The molecule has 146 valence electrons. The number of nitrogens with one attached hydrogen (secondary N) is 1. The molecule has 1 aromatic rings. The van der Waals surface area contributed by atoms with Gasteiger partial charge in [-0.15, -0.1) is 0 Å². The molecule has 10 heteroatoms. The molecule has 0 saturated carbocycles. The molecule has 1 fully saturated rings. The fourth-order valence-corrected chi connectivity index (χ4v) is 3.78. The molecule has 5 N–H and O–H groups in total. The number of nitrogens with zero attached hydrogens (tertiary/aromatic N) is 2. The Hall–Kier alpha value is -0.880. The summed E-state index contributed by atoms with van der Waals surface area (Å²) >= 11 is 7.92. The number of hydrogen-bond acceptors (Lipinski definition) is 6. The van der Waals surface area contributed by atoms with Gasteiger partial charge in [-0.1, -0.05) is 34.2 Å². The molecule has 0 bridgehead atoms. The normalized spacial score (nSPS) is 17.2. The Labute approximate surface area is 170 Å². The summed E-state index contributed by atoms with van der Waals surface area (Å²) in [5.41, 5.74) is 5.16. The van der Waals surface area contributed by atoms with Crippen molar-refractivity contribution in [3.05, 3.63) is 27.0 Å². The molecule has 0 radical (unpaired) electrons. The Balaban J connectivity index is 2.04. The number of nitrogen functional groups attached to an aromatic ring is 1. The molecule has 8 nitrogen and oxygen atoms in total. The topological polar surface area (TPSA) is 121 Å². The van der Waals surface area contributed by atoms with E-state index in [0.717, 1.165) is 30.5 Å². The van der Waals surface area contributed by atoms with E-state index in [9.17, 15) is 14.7 Å². The molecule has 2 heterocycles. The van der Waals surface area contributed by atoms with Crippen LogP contribution in [0.3, 0.4) is 0 Å². The number of hydrogen-bond donors (Lipinski definition) is 4. The van der Waals surface area contributed by atoms with Crippen molar-refractivity contribution in [3.63, 3.8) is 0 Å². The average Bonchev–Trinajstić information content (AvgIpc) is 2.64. The van der Waals surface area contributed by atoms with Crippen LogP contribution in [0.15, 0.2) is 10.9 Å². The van der Waals surface area contributed by atoms with Gasteiger partial charge in [-0.25, -0.2) is 0 Å². The van der Waals surface area contributed by atoms with Gasteiger partial charge >= 0.3 is 0 Å². The second-order valence-electron chi connectivity index (χ2n) is 6.30. The number of rotatable bonds is 7. The van der Waals surface area contributed by atoms with Crippen LogP contribution in [0.5, 0.6) is 0 Å². The molecule has 0 aromatic carbocycles. The molecule has 1 aliphatic heterocycles. The van der Waals surface area contributed by atoms with Gasteiger partial charge in [0.15, 0.2) is 0 Å². The number of aliphatic hydroxyl groups is 2. The lowest BCUT2D eigenvalue weighted by atomic mass is 9.96. The van der Waals surface area contributed by atoms with Crippen molar-refractivity contribution in [1.82, 2.24) is 14.8 Å². The Morgan fingerprint density at radius 1 is 1.42 bits per heavy atom. The summed E-state index contributed by atoms with van der Waals surface area (Å²) in [6.45, 7) is 2.75. The van der Waals surface area contributed by atoms with E-state index in [0.29, 0.717) is 19.0 Å². The van der Waals surface area contributed by atoms with Gasteiger partial charge in [0.2, 0.25) is 0 Å². The van der Waals surface area contributed by atoms with E-state index in [2.05, 4.69) is 10.2 Å². The van der Waals surface area contributed by atoms with Gasteiger partial charge in [0.1, 0.15) is 15.4 Å². The number of β-amino-alcohol motifs (C(OH)–C–C–N with tert-alkyl or cyclic N) is 1. The summed E-state index contributed by atoms with van der Waals surface area (Å²) in [5, 5.41) is 21.2. The quantitative estimate of drug-likeness (QED) is 0.320. The van der Waals surface area contributed by atoms with Crippen LogP contribution in [-0.4, -0.2) is 65.0 Å². The molecule has 1 amide bonds. The predicted octanol–water partition coefficient (Wildman–Crippen LogP) is 0.444. The highest BCUT2D eigenvalue weighted by molar-refractivity contribution is 14.1. The van der Waals surface area contributed by atoms with Gasteiger partial charge in [-0.05, 0) is 37.9 Å². The van der Waals surface area contributed by atoms with Gasteiger partial charge in [0.25, 0.3) is 11.5 Å². The number of likely N-dealkylation sites (tertiary alicyclic amines) is 1. The van der Waals surface area contributed by atoms with Gasteiger partial charge in [0, 0.05) is 13.1 Å². The van der Waals surface area contributed by atoms with E-state index < -0.39 is 15.5 Å². The highest BCUT2D eigenvalue weighted by Crippen LogP contribution is 2.24. The number of piperidine rings is 1. The number of alkyl halides is 1. The standard InChI is InChI=1S/C16H24ClIN4O4/c17-12-7-11(16(26)22(14(12)19)13(18)9-24)15(25)20-8-10-1-3-21(4-2-10)5-6-23/h7,10,13,23-24H,1-6,8-9,19H2,(H,20,25). The van der Waals surface area contributed by atoms with Crippen LogP contribution in [-0.2, 0) is 0 Å². The Morgan fingerprint density at radius 3 is 2.65 bits per heavy atom. The second kappa shape index (κ2) is 9.88. The van der Waals surface area contributed by atoms with Crippen LogP contribution in [0.4, 0.5) is 5.82 Å². The summed E-state index contributed by atoms with van der Waals surface area (Å²) in [6, 6.07) is 1.27. The lowest BCUT2D eigenvalue weighted by Crippen LogP contribution is -2.41. The van der Waals surface area contributed by atoms with Crippen LogP contribution >= 0.6 is 34.2 Å². The van der Waals surface area contributed by atoms with Crippen LogP contribution in [0.2, 0.25) is 5.02 Å². The van der Waals surface area contributed by atoms with Gasteiger partial charge in [-0.2, -0.15) is 0 Å². The van der Waals surface area contributed by atoms with Crippen molar-refractivity contribution in [1.29, 1.82) is 0 Å². The fraction of sp³-hybridized carbons (Fsp3) is 0.625. The smallest absolute Gasteiger partial charge is 0.266 e. The number of pyridine rings is 1. The van der Waals surface area contributed by atoms with Crippen LogP contribution < -0.4 is 16.6 Å². The first-order valence-corrected chi connectivity index (χ1v) is 10.1. The zero-order valence-corrected chi connectivity index (χ0v) is 17.2. The number of halogens is 2. The SMILES string of the molecule is Nc1c(Cl)cc(C(=O)NCC2CCN(CCO)CC2)c(=O)n1C(I)CO. The summed E-state index contributed by atoms with van der Waals surface area (Å²) in [6.07, 6.45) is 1.85. The number of anilines is 1. The third-order valence-corrected chi connectivity index (χ3v) is 5.83. The zero-order chi connectivity index (χ0) is 19.3. The van der Waals surface area contributed by atoms with Crippen LogP contribution in [0.25, 0.3) is 0 Å². The van der Waals surface area contributed by atoms with E-state index in [4.69, 9.17) is 22.4 Å². The van der Waals surface area contributed by atoms with E-state index in [1.807, 2.05) is 22.6 Å². The first-order chi connectivity index (χ1) is 12.4. The minimum Gasteiger partial charge on any atom is -0.395 e. The molecule has 26 heavy (non-hydrogen) atoms. The van der Waals surface area contributed by atoms with Gasteiger partial charge in [-0.3, -0.25) is 14.2 Å². The molecule has 0 aliphatic carbocycles. The van der Waals surface area contributed by atoms with E-state index in [1.165, 1.54) is 6.07 Å². The lowest BCUT2D eigenvalue weighted by Gasteiger charge is -2.31. The lowest BCUT2D eigenvalue weighted by molar-refractivity contribution is 0.0930. The molecule has 1 aromatic heterocycles. The molecule has 2 rings (SSSR count). The summed E-state index contributed by atoms with van der Waals surface area (Å²) in [5.74, 6) is -0.141. The van der Waals surface area contributed by atoms with Gasteiger partial charge in [0.05, 0.1) is 18.2 Å². The number of aliphatic hydroxyl groups excluding tert-OH is 2. The van der Waals surface area contributed by atoms with E-state index in [-0.39, 0.29) is 29.6 Å². The minimum absolute atomic E-state index is 0.0259. The minimum atomic E-state index is -0.610. The summed E-state index contributed by atoms with van der Waals surface area (Å²) in [7, 11) is 0. The molecule has 1 atom stereocenters. The van der Waals surface area contributed by atoms with E-state index in [1.54, 1.807) is 0 Å². The number of carbonyl (C=O) groups is 1. The maximum absolute atomic E-state index is 12.6. The maximum atomic E-state index is 12.6. The first-order valence-electron chi connectivity index (χ1n) is 8.45. The van der Waals surface area contributed by atoms with Crippen molar-refractivity contribution in [2.75, 3.05) is 45.1 Å². The predicted molar refractivity (Wildman–Crippen MR) is 109 cm³/mol. The number of carbonyl (C=O) groups excluding carboxylic acids is 1. The van der Waals surface area contributed by atoms with Crippen LogP contribution in [0.1, 0.15) is 27.2 Å². The molecule has 1 saturated heterocycles. The van der Waals surface area contributed by atoms with Crippen molar-refractivity contribution >= 4 is 45.9 Å². The van der Waals surface area contributed by atoms with Gasteiger partial charge < -0.3 is 26.2 Å². The molecule has 1 unspecified atom stereocenters. The summed E-state index contributed by atoms with van der Waals surface area (Å²) in [4.78, 5) is 27.2. The Morgan fingerprint density at radius 2 is 2.08 bits per heavy atom. The molecular weight excluding hydrogens is 475 g/mol. The fourth-order valence-electron chi connectivity index (χ4n) is 3.03. The Kier molecular flexibility index (Phi) is 8.14. The van der Waals surface area contributed by atoms with Crippen molar-refractivity contribution in [3.8, 4) is 0 Å². The van der Waals surface area contributed by atoms with E-state index >= 15 is 0 Å². The summed E-state index contributed by atoms with van der Waals surface area (Å²) < 4.78 is 0.520. The van der Waals surface area contributed by atoms with Crippen molar-refractivity contribution in [2.45, 2.75) is 16.9 Å².